The molecule has 0 saturated carbocycles. The fraction of sp³-hybridized carbons (Fsp3) is 0.412. The molecule has 0 aliphatic rings. The van der Waals surface area contributed by atoms with Gasteiger partial charge in [0.2, 0.25) is 0 Å². The van der Waals surface area contributed by atoms with E-state index in [9.17, 15) is 5.11 Å². The zero-order chi connectivity index (χ0) is 13.7. The largest absolute Gasteiger partial charge is 0.508 e. The van der Waals surface area contributed by atoms with Crippen molar-refractivity contribution >= 4 is 0 Å². The number of aromatic hydroxyl groups is 1. The number of hydrogen-bond donors (Lipinski definition) is 1. The van der Waals surface area contributed by atoms with Crippen LogP contribution in [0.4, 0.5) is 0 Å². The first-order chi connectivity index (χ1) is 8.41. The molecule has 1 N–H and O–H groups in total. The topological polar surface area (TPSA) is 20.2 Å². The smallest absolute Gasteiger partial charge is 0.119 e. The van der Waals surface area contributed by atoms with Crippen LogP contribution in [0.3, 0.4) is 0 Å². The third kappa shape index (κ3) is 4.06. The second kappa shape index (κ2) is 6.44. The number of hydrogen-bond acceptors (Lipinski definition) is 1. The van der Waals surface area contributed by atoms with Crippen molar-refractivity contribution in [3.8, 4) is 5.75 Å². The predicted molar refractivity (Wildman–Crippen MR) is 79.1 cm³/mol. The molecule has 0 radical (unpaired) electrons. The monoisotopic (exact) mass is 244 g/mol. The van der Waals surface area contributed by atoms with Gasteiger partial charge in [-0.25, -0.2) is 0 Å². The number of allylic oxidation sites excluding steroid dienone is 2. The third-order valence-electron chi connectivity index (χ3n) is 3.24. The minimum absolute atomic E-state index is 0.415. The molecule has 1 aromatic carbocycles. The second-order valence-corrected chi connectivity index (χ2v) is 5.27. The Balaban J connectivity index is 2.99. The van der Waals surface area contributed by atoms with Gasteiger partial charge in [-0.1, -0.05) is 17.2 Å². The Bertz CT molecular complexity index is 412. The Morgan fingerprint density at radius 3 is 2.00 bits per heavy atom. The van der Waals surface area contributed by atoms with Crippen LogP contribution in [-0.2, 0) is 12.8 Å². The molecule has 98 valence electrons. The Morgan fingerprint density at radius 2 is 1.50 bits per heavy atom. The van der Waals surface area contributed by atoms with E-state index in [1.165, 1.54) is 16.7 Å². The molecule has 0 aromatic heterocycles. The molecule has 1 aromatic rings. The molecule has 18 heavy (non-hydrogen) atoms. The molecule has 0 unspecified atom stereocenters. The molecule has 0 saturated heterocycles. The van der Waals surface area contributed by atoms with Gasteiger partial charge in [0.15, 0.2) is 0 Å². The lowest BCUT2D eigenvalue weighted by molar-refractivity contribution is 0.466. The van der Waals surface area contributed by atoms with E-state index in [2.05, 4.69) is 20.1 Å². The van der Waals surface area contributed by atoms with Crippen LogP contribution in [0.5, 0.6) is 5.75 Å². The molecule has 0 aliphatic carbocycles. The molecular formula is C17H24O. The van der Waals surface area contributed by atoms with Crippen LogP contribution in [0.1, 0.15) is 43.4 Å². The summed E-state index contributed by atoms with van der Waals surface area (Å²) in [4.78, 5) is 0. The van der Waals surface area contributed by atoms with Crippen molar-refractivity contribution in [3.63, 3.8) is 0 Å². The van der Waals surface area contributed by atoms with Crippen molar-refractivity contribution in [2.45, 2.75) is 46.5 Å². The highest BCUT2D eigenvalue weighted by atomic mass is 16.3. The van der Waals surface area contributed by atoms with E-state index in [-0.39, 0.29) is 0 Å². The van der Waals surface area contributed by atoms with E-state index >= 15 is 0 Å². The maximum absolute atomic E-state index is 10.0. The molecule has 0 spiro atoms. The summed E-state index contributed by atoms with van der Waals surface area (Å²) in [6, 6.07) is 3.79. The lowest BCUT2D eigenvalue weighted by Crippen LogP contribution is -1.99. The molecular weight excluding hydrogens is 220 g/mol. The van der Waals surface area contributed by atoms with Gasteiger partial charge >= 0.3 is 0 Å². The Morgan fingerprint density at radius 1 is 1.00 bits per heavy atom. The van der Waals surface area contributed by atoms with Gasteiger partial charge < -0.3 is 5.11 Å². The van der Waals surface area contributed by atoms with Crippen molar-refractivity contribution < 1.29 is 5.11 Å². The van der Waals surface area contributed by atoms with Crippen LogP contribution in [0, 0.1) is 6.92 Å². The van der Waals surface area contributed by atoms with E-state index in [4.69, 9.17) is 0 Å². The summed E-state index contributed by atoms with van der Waals surface area (Å²) in [5.41, 5.74) is 5.95. The summed E-state index contributed by atoms with van der Waals surface area (Å²) in [6.45, 7) is 14.1. The fourth-order valence-corrected chi connectivity index (χ4v) is 2.10. The van der Waals surface area contributed by atoms with Gasteiger partial charge in [-0.15, -0.1) is 13.2 Å². The first kappa shape index (κ1) is 14.6. The number of aryl methyl sites for hydroxylation is 1. The maximum Gasteiger partial charge on any atom is 0.119 e. The van der Waals surface area contributed by atoms with E-state index in [1.54, 1.807) is 6.07 Å². The van der Waals surface area contributed by atoms with Crippen LogP contribution in [0.2, 0.25) is 0 Å². The highest BCUT2D eigenvalue weighted by Gasteiger charge is 2.10. The summed E-state index contributed by atoms with van der Waals surface area (Å²) in [5.74, 6) is 0.415. The van der Waals surface area contributed by atoms with Gasteiger partial charge in [-0.2, -0.15) is 0 Å². The molecule has 0 atom stereocenters. The lowest BCUT2D eigenvalue weighted by Gasteiger charge is -2.14. The summed E-state index contributed by atoms with van der Waals surface area (Å²) in [7, 11) is 0. The molecule has 0 amide bonds. The SMILES string of the molecule is C=C(C)CCc1c(C)ccc(O)c1CCC(=C)C. The van der Waals surface area contributed by atoms with Crippen molar-refractivity contribution in [2.24, 2.45) is 0 Å². The Kier molecular flexibility index (Phi) is 5.21. The zero-order valence-electron chi connectivity index (χ0n) is 11.8. The average molecular weight is 244 g/mol. The van der Waals surface area contributed by atoms with Gasteiger partial charge in [0, 0.05) is 0 Å². The summed E-state index contributed by atoms with van der Waals surface area (Å²) in [5, 5.41) is 10.0. The maximum atomic E-state index is 10.0. The lowest BCUT2D eigenvalue weighted by atomic mass is 9.92. The van der Waals surface area contributed by atoms with E-state index < -0.39 is 0 Å². The zero-order valence-corrected chi connectivity index (χ0v) is 11.8. The highest BCUT2D eigenvalue weighted by molar-refractivity contribution is 5.44. The summed E-state index contributed by atoms with van der Waals surface area (Å²) < 4.78 is 0. The standard InChI is InChI=1S/C17H24O/c1-12(2)6-9-15-14(5)8-11-17(18)16(15)10-7-13(3)4/h8,11,18H,1,3,6-7,9-10H2,2,4-5H3. The van der Waals surface area contributed by atoms with Gasteiger partial charge in [-0.3, -0.25) is 0 Å². The van der Waals surface area contributed by atoms with Gasteiger partial charge in [0.05, 0.1) is 0 Å². The van der Waals surface area contributed by atoms with Gasteiger partial charge in [0.25, 0.3) is 0 Å². The number of phenolic OH excluding ortho intramolecular Hbond substituents is 1. The second-order valence-electron chi connectivity index (χ2n) is 5.27. The molecule has 1 heteroatoms. The van der Waals surface area contributed by atoms with Crippen molar-refractivity contribution in [1.82, 2.24) is 0 Å². The number of benzene rings is 1. The molecule has 1 nitrogen and oxygen atoms in total. The Labute approximate surface area is 111 Å². The molecule has 1 rings (SSSR count). The summed E-state index contributed by atoms with van der Waals surface area (Å²) in [6.07, 6.45) is 3.73. The fourth-order valence-electron chi connectivity index (χ4n) is 2.10. The highest BCUT2D eigenvalue weighted by Crippen LogP contribution is 2.28. The number of phenols is 1. The van der Waals surface area contributed by atoms with E-state index in [1.807, 2.05) is 19.9 Å². The molecule has 0 fully saturated rings. The van der Waals surface area contributed by atoms with E-state index in [0.717, 1.165) is 36.8 Å². The minimum Gasteiger partial charge on any atom is -0.508 e. The Hall–Kier alpha value is -1.50. The normalized spacial score (nSPS) is 10.4. The first-order valence-corrected chi connectivity index (χ1v) is 6.51. The molecule has 0 bridgehead atoms. The van der Waals surface area contributed by atoms with Crippen molar-refractivity contribution in [3.05, 3.63) is 53.1 Å². The third-order valence-corrected chi connectivity index (χ3v) is 3.24. The minimum atomic E-state index is 0.415. The van der Waals surface area contributed by atoms with Crippen LogP contribution in [0.15, 0.2) is 36.4 Å². The van der Waals surface area contributed by atoms with Crippen LogP contribution >= 0.6 is 0 Å². The quantitative estimate of drug-likeness (QED) is 0.718. The first-order valence-electron chi connectivity index (χ1n) is 6.51. The van der Waals surface area contributed by atoms with Crippen molar-refractivity contribution in [2.75, 3.05) is 0 Å². The van der Waals surface area contributed by atoms with Crippen LogP contribution in [-0.4, -0.2) is 5.11 Å². The summed E-state index contributed by atoms with van der Waals surface area (Å²) >= 11 is 0. The van der Waals surface area contributed by atoms with Crippen LogP contribution < -0.4 is 0 Å². The van der Waals surface area contributed by atoms with Gasteiger partial charge in [0.1, 0.15) is 5.75 Å². The average Bonchev–Trinajstić information content (AvgIpc) is 2.28. The van der Waals surface area contributed by atoms with Crippen molar-refractivity contribution in [1.29, 1.82) is 0 Å². The van der Waals surface area contributed by atoms with E-state index in [0.29, 0.717) is 5.75 Å². The molecule has 0 aliphatic heterocycles. The number of rotatable bonds is 6. The predicted octanol–water partition coefficient (Wildman–Crippen LogP) is 4.72. The molecule has 0 heterocycles. The van der Waals surface area contributed by atoms with Gasteiger partial charge in [-0.05, 0) is 69.2 Å². The van der Waals surface area contributed by atoms with Crippen LogP contribution in [0.25, 0.3) is 0 Å².